The first-order valence-electron chi connectivity index (χ1n) is 3.86. The smallest absolute Gasteiger partial charge is 0.317 e. The highest BCUT2D eigenvalue weighted by Gasteiger charge is 2.05. The molecule has 0 amide bonds. The van der Waals surface area contributed by atoms with Crippen molar-refractivity contribution in [3.8, 4) is 0 Å². The van der Waals surface area contributed by atoms with Crippen LogP contribution >= 0.6 is 0 Å². The Morgan fingerprint density at radius 3 is 2.86 bits per heavy atom. The third-order valence-corrected chi connectivity index (χ3v) is 1.40. The van der Waals surface area contributed by atoms with Crippen LogP contribution in [0.3, 0.4) is 0 Å². The summed E-state index contributed by atoms with van der Waals surface area (Å²) in [6.07, 6.45) is 0. The number of nitrogen functional groups attached to an aromatic ring is 1. The van der Waals surface area contributed by atoms with E-state index in [1.807, 2.05) is 0 Å². The lowest BCUT2D eigenvalue weighted by atomic mass is 10.6. The Morgan fingerprint density at radius 1 is 1.43 bits per heavy atom. The summed E-state index contributed by atoms with van der Waals surface area (Å²) in [5, 5.41) is 13.5. The third-order valence-electron chi connectivity index (χ3n) is 1.40. The summed E-state index contributed by atoms with van der Waals surface area (Å²) in [6, 6.07) is 0.229. The van der Waals surface area contributed by atoms with E-state index in [-0.39, 0.29) is 12.0 Å². The van der Waals surface area contributed by atoms with E-state index in [4.69, 9.17) is 14.7 Å². The van der Waals surface area contributed by atoms with Crippen molar-refractivity contribution < 1.29 is 8.94 Å². The van der Waals surface area contributed by atoms with E-state index in [1.165, 1.54) is 0 Å². The Morgan fingerprint density at radius 2 is 2.29 bits per heavy atom. The summed E-state index contributed by atoms with van der Waals surface area (Å²) < 4.78 is 9.71. The molecule has 2 heterocycles. The summed E-state index contributed by atoms with van der Waals surface area (Å²) in [5.74, 6) is 1.02. The maximum absolute atomic E-state index is 5.22. The third kappa shape index (κ3) is 1.79. The molecule has 0 aliphatic rings. The van der Waals surface area contributed by atoms with Gasteiger partial charge in [-0.2, -0.15) is 4.98 Å². The monoisotopic (exact) mass is 196 g/mol. The Labute approximate surface area is 78.5 Å². The van der Waals surface area contributed by atoms with Crippen LogP contribution in [0.25, 0.3) is 0 Å². The van der Waals surface area contributed by atoms with Crippen molar-refractivity contribution in [2.24, 2.45) is 0 Å². The number of rotatable bonds is 3. The number of anilines is 2. The average molecular weight is 196 g/mol. The van der Waals surface area contributed by atoms with Crippen molar-refractivity contribution >= 4 is 12.0 Å². The van der Waals surface area contributed by atoms with Crippen LogP contribution in [0.1, 0.15) is 11.7 Å². The quantitative estimate of drug-likeness (QED) is 0.702. The van der Waals surface area contributed by atoms with Gasteiger partial charge in [0, 0.05) is 0 Å². The SMILES string of the molecule is Cc1noc(CNc2nnc(N)o2)n1. The fourth-order valence-corrected chi connectivity index (χ4v) is 0.869. The molecule has 0 atom stereocenters. The second-order valence-electron chi connectivity index (χ2n) is 2.53. The number of aromatic nitrogens is 4. The van der Waals surface area contributed by atoms with Crippen LogP contribution in [0.5, 0.6) is 0 Å². The van der Waals surface area contributed by atoms with Crippen molar-refractivity contribution in [3.05, 3.63) is 11.7 Å². The van der Waals surface area contributed by atoms with Gasteiger partial charge < -0.3 is 20.0 Å². The zero-order chi connectivity index (χ0) is 9.97. The summed E-state index contributed by atoms with van der Waals surface area (Å²) >= 11 is 0. The van der Waals surface area contributed by atoms with Crippen LogP contribution in [0.2, 0.25) is 0 Å². The van der Waals surface area contributed by atoms with Gasteiger partial charge >= 0.3 is 12.0 Å². The maximum Gasteiger partial charge on any atom is 0.317 e. The first kappa shape index (κ1) is 8.48. The Bertz CT molecular complexity index is 381. The molecule has 8 heteroatoms. The fraction of sp³-hybridized carbons (Fsp3) is 0.333. The molecule has 0 aromatic carbocycles. The van der Waals surface area contributed by atoms with E-state index in [1.54, 1.807) is 6.92 Å². The molecule has 0 fully saturated rings. The minimum absolute atomic E-state index is 0.00853. The zero-order valence-electron chi connectivity index (χ0n) is 7.39. The van der Waals surface area contributed by atoms with E-state index < -0.39 is 0 Å². The highest BCUT2D eigenvalue weighted by molar-refractivity contribution is 5.22. The van der Waals surface area contributed by atoms with Gasteiger partial charge in [0.2, 0.25) is 5.89 Å². The first-order valence-corrected chi connectivity index (χ1v) is 3.86. The first-order chi connectivity index (χ1) is 6.74. The van der Waals surface area contributed by atoms with Gasteiger partial charge in [-0.05, 0) is 6.92 Å². The molecule has 0 saturated carbocycles. The number of hydrogen-bond donors (Lipinski definition) is 2. The molecule has 14 heavy (non-hydrogen) atoms. The van der Waals surface area contributed by atoms with E-state index in [0.717, 1.165) is 0 Å². The molecule has 0 bridgehead atoms. The van der Waals surface area contributed by atoms with Crippen molar-refractivity contribution in [2.45, 2.75) is 13.5 Å². The molecule has 0 saturated heterocycles. The zero-order valence-corrected chi connectivity index (χ0v) is 7.39. The number of nitrogens with two attached hydrogens (primary N) is 1. The van der Waals surface area contributed by atoms with Gasteiger partial charge in [0.1, 0.15) is 0 Å². The van der Waals surface area contributed by atoms with E-state index >= 15 is 0 Å². The fourth-order valence-electron chi connectivity index (χ4n) is 0.869. The second-order valence-corrected chi connectivity index (χ2v) is 2.53. The normalized spacial score (nSPS) is 10.4. The molecule has 0 spiro atoms. The molecular weight excluding hydrogens is 188 g/mol. The molecule has 2 aromatic heterocycles. The summed E-state index contributed by atoms with van der Waals surface area (Å²) in [5.41, 5.74) is 5.22. The molecule has 0 radical (unpaired) electrons. The minimum atomic E-state index is 0.00853. The average Bonchev–Trinajstić information content (AvgIpc) is 2.72. The second kappa shape index (κ2) is 3.32. The molecule has 74 valence electrons. The molecule has 2 aromatic rings. The van der Waals surface area contributed by atoms with Crippen LogP contribution in [-0.2, 0) is 6.54 Å². The predicted molar refractivity (Wildman–Crippen MR) is 45.1 cm³/mol. The van der Waals surface area contributed by atoms with Gasteiger partial charge in [-0.3, -0.25) is 0 Å². The van der Waals surface area contributed by atoms with Gasteiger partial charge in [0.05, 0.1) is 6.54 Å². The van der Waals surface area contributed by atoms with Crippen molar-refractivity contribution in [1.29, 1.82) is 0 Å². The van der Waals surface area contributed by atoms with Crippen molar-refractivity contribution in [3.63, 3.8) is 0 Å². The molecule has 0 unspecified atom stereocenters. The van der Waals surface area contributed by atoms with Crippen molar-refractivity contribution in [1.82, 2.24) is 20.3 Å². The number of aryl methyl sites for hydroxylation is 1. The Kier molecular flexibility index (Phi) is 2.01. The Balaban J connectivity index is 1.94. The number of nitrogens with one attached hydrogen (secondary N) is 1. The molecule has 8 nitrogen and oxygen atoms in total. The minimum Gasteiger partial charge on any atom is -0.390 e. The molecule has 2 rings (SSSR count). The van der Waals surface area contributed by atoms with Crippen LogP contribution in [-0.4, -0.2) is 20.3 Å². The summed E-state index contributed by atoms with van der Waals surface area (Å²) in [4.78, 5) is 3.97. The van der Waals surface area contributed by atoms with Gasteiger partial charge in [0.15, 0.2) is 5.82 Å². The van der Waals surface area contributed by atoms with Gasteiger partial charge in [-0.15, -0.1) is 0 Å². The van der Waals surface area contributed by atoms with Crippen LogP contribution < -0.4 is 11.1 Å². The lowest BCUT2D eigenvalue weighted by Gasteiger charge is -1.93. The van der Waals surface area contributed by atoms with E-state index in [9.17, 15) is 0 Å². The van der Waals surface area contributed by atoms with Crippen LogP contribution in [0.15, 0.2) is 8.94 Å². The van der Waals surface area contributed by atoms with Gasteiger partial charge in [0.25, 0.3) is 0 Å². The van der Waals surface area contributed by atoms with E-state index in [0.29, 0.717) is 18.3 Å². The van der Waals surface area contributed by atoms with E-state index in [2.05, 4.69) is 25.7 Å². The predicted octanol–water partition coefficient (Wildman–Crippen LogP) is -0.0447. The summed E-state index contributed by atoms with van der Waals surface area (Å²) in [6.45, 7) is 2.06. The molecule has 0 aliphatic heterocycles. The maximum atomic E-state index is 5.22. The highest BCUT2D eigenvalue weighted by Crippen LogP contribution is 2.07. The topological polar surface area (TPSA) is 116 Å². The van der Waals surface area contributed by atoms with Crippen LogP contribution in [0, 0.1) is 6.92 Å². The lowest BCUT2D eigenvalue weighted by molar-refractivity contribution is 0.378. The Hall–Kier alpha value is -2.12. The van der Waals surface area contributed by atoms with Gasteiger partial charge in [-0.25, -0.2) is 0 Å². The summed E-state index contributed by atoms with van der Waals surface area (Å²) in [7, 11) is 0. The lowest BCUT2D eigenvalue weighted by Crippen LogP contribution is -1.99. The van der Waals surface area contributed by atoms with Crippen molar-refractivity contribution in [2.75, 3.05) is 11.1 Å². The van der Waals surface area contributed by atoms with Crippen LogP contribution in [0.4, 0.5) is 12.0 Å². The van der Waals surface area contributed by atoms with Gasteiger partial charge in [-0.1, -0.05) is 15.4 Å². The standard InChI is InChI=1S/C6H8N6O2/c1-3-9-4(14-12-3)2-8-6-11-10-5(7)13-6/h2H2,1H3,(H2,7,10)(H,8,11). The molecule has 0 aliphatic carbocycles. The highest BCUT2D eigenvalue weighted by atomic mass is 16.5. The molecular formula is C6H8N6O2. The number of hydrogen-bond acceptors (Lipinski definition) is 8. The largest absolute Gasteiger partial charge is 0.390 e. The molecule has 3 N–H and O–H groups in total. The number of nitrogens with zero attached hydrogens (tertiary/aromatic N) is 4.